The minimum Gasteiger partial charge on any atom is -0.480 e. The summed E-state index contributed by atoms with van der Waals surface area (Å²) in [6, 6.07) is 6.34. The summed E-state index contributed by atoms with van der Waals surface area (Å²) in [5.74, 6) is -3.89. The van der Waals surface area contributed by atoms with Crippen LogP contribution in [0.3, 0.4) is 0 Å². The number of esters is 1. The molecule has 1 amide bonds. The zero-order valence-electron chi connectivity index (χ0n) is 10.8. The fourth-order valence-corrected chi connectivity index (χ4v) is 1.81. The van der Waals surface area contributed by atoms with Crippen LogP contribution in [0.2, 0.25) is 5.02 Å². The molecule has 0 saturated carbocycles. The van der Waals surface area contributed by atoms with Crippen molar-refractivity contribution in [2.45, 2.75) is 19.6 Å². The first kappa shape index (κ1) is 14.2. The van der Waals surface area contributed by atoms with Gasteiger partial charge in [-0.1, -0.05) is 17.7 Å². The molecule has 20 heavy (non-hydrogen) atoms. The second-order valence-electron chi connectivity index (χ2n) is 4.54. The van der Waals surface area contributed by atoms with E-state index < -0.39 is 29.2 Å². The maximum absolute atomic E-state index is 12.0. The van der Waals surface area contributed by atoms with Crippen molar-refractivity contribution in [3.63, 3.8) is 0 Å². The molecule has 0 spiro atoms. The Morgan fingerprint density at radius 3 is 2.65 bits per heavy atom. The first-order chi connectivity index (χ1) is 9.28. The van der Waals surface area contributed by atoms with Crippen molar-refractivity contribution in [1.29, 1.82) is 0 Å². The van der Waals surface area contributed by atoms with E-state index in [4.69, 9.17) is 21.1 Å². The smallest absolute Gasteiger partial charge is 0.354 e. The number of rotatable bonds is 2. The largest absolute Gasteiger partial charge is 0.480 e. The molecule has 1 heterocycles. The minimum absolute atomic E-state index is 0.375. The number of halogens is 1. The van der Waals surface area contributed by atoms with Gasteiger partial charge in [0.05, 0.1) is 0 Å². The monoisotopic (exact) mass is 297 g/mol. The number of aliphatic hydroxyl groups excluding tert-OH is 1. The van der Waals surface area contributed by atoms with Crippen LogP contribution in [0.4, 0.5) is 5.69 Å². The molecule has 0 unspecified atom stereocenters. The van der Waals surface area contributed by atoms with Crippen LogP contribution < -0.4 is 5.32 Å². The summed E-state index contributed by atoms with van der Waals surface area (Å²) < 4.78 is 9.82. The number of amides is 1. The number of ether oxygens (including phenoxy) is 2. The average molecular weight is 298 g/mol. The maximum atomic E-state index is 12.0. The molecule has 0 atom stereocenters. The topological polar surface area (TPSA) is 84.9 Å². The molecule has 1 aromatic carbocycles. The molecule has 6 nitrogen and oxygen atoms in total. The summed E-state index contributed by atoms with van der Waals surface area (Å²) >= 11 is 5.78. The van der Waals surface area contributed by atoms with Crippen LogP contribution in [-0.2, 0) is 19.1 Å². The summed E-state index contributed by atoms with van der Waals surface area (Å²) in [6.07, 6.45) is 0. The molecule has 2 N–H and O–H groups in total. The van der Waals surface area contributed by atoms with Gasteiger partial charge >= 0.3 is 11.9 Å². The van der Waals surface area contributed by atoms with Crippen molar-refractivity contribution in [1.82, 2.24) is 0 Å². The minimum atomic E-state index is -1.32. The van der Waals surface area contributed by atoms with E-state index in [0.717, 1.165) is 0 Å². The highest BCUT2D eigenvalue weighted by atomic mass is 35.5. The van der Waals surface area contributed by atoms with Gasteiger partial charge in [0, 0.05) is 24.6 Å². The van der Waals surface area contributed by atoms with Gasteiger partial charge in [-0.25, -0.2) is 4.79 Å². The van der Waals surface area contributed by atoms with E-state index in [0.29, 0.717) is 10.7 Å². The molecular formula is C13H12ClNO5. The Hall–Kier alpha value is -2.21. The maximum Gasteiger partial charge on any atom is 0.354 e. The number of nitrogens with one attached hydrogen (secondary N) is 1. The molecule has 0 fully saturated rings. The summed E-state index contributed by atoms with van der Waals surface area (Å²) in [7, 11) is 0. The normalized spacial score (nSPS) is 17.2. The summed E-state index contributed by atoms with van der Waals surface area (Å²) in [5.41, 5.74) is -0.218. The Morgan fingerprint density at radius 2 is 2.05 bits per heavy atom. The Kier molecular flexibility index (Phi) is 3.59. The number of benzene rings is 1. The van der Waals surface area contributed by atoms with E-state index in [2.05, 4.69) is 5.32 Å². The van der Waals surface area contributed by atoms with Crippen molar-refractivity contribution in [2.24, 2.45) is 0 Å². The van der Waals surface area contributed by atoms with E-state index >= 15 is 0 Å². The van der Waals surface area contributed by atoms with Crippen molar-refractivity contribution < 1.29 is 24.2 Å². The van der Waals surface area contributed by atoms with Crippen LogP contribution in [0.25, 0.3) is 0 Å². The van der Waals surface area contributed by atoms with E-state index in [1.54, 1.807) is 18.2 Å². The Bertz CT molecular complexity index is 609. The van der Waals surface area contributed by atoms with Gasteiger partial charge in [-0.3, -0.25) is 4.79 Å². The Labute approximate surface area is 119 Å². The lowest BCUT2D eigenvalue weighted by molar-refractivity contribution is -0.221. The molecule has 0 radical (unpaired) electrons. The number of anilines is 1. The first-order valence-corrected chi connectivity index (χ1v) is 6.09. The van der Waals surface area contributed by atoms with E-state index in [-0.39, 0.29) is 0 Å². The standard InChI is InChI=1S/C13H12ClNO5/c1-13(2)19-11(17)9(12(18)20-13)10(16)15-8-5-3-4-7(14)6-8/h3-6,17H,1-2H3,(H,15,16). The van der Waals surface area contributed by atoms with Crippen LogP contribution in [0.5, 0.6) is 0 Å². The molecule has 0 saturated heterocycles. The van der Waals surface area contributed by atoms with E-state index in [1.807, 2.05) is 0 Å². The fourth-order valence-electron chi connectivity index (χ4n) is 1.62. The van der Waals surface area contributed by atoms with Gasteiger partial charge in [-0.2, -0.15) is 0 Å². The van der Waals surface area contributed by atoms with Gasteiger partial charge in [-0.15, -0.1) is 0 Å². The quantitative estimate of drug-likeness (QED) is 0.646. The average Bonchev–Trinajstić information content (AvgIpc) is 2.25. The number of carbonyl (C=O) groups excluding carboxylic acids is 2. The zero-order chi connectivity index (χ0) is 14.9. The van der Waals surface area contributed by atoms with Crippen LogP contribution in [0.1, 0.15) is 13.8 Å². The van der Waals surface area contributed by atoms with Crippen molar-refractivity contribution in [3.8, 4) is 0 Å². The highest BCUT2D eigenvalue weighted by Gasteiger charge is 2.39. The molecule has 1 aromatic rings. The highest BCUT2D eigenvalue weighted by molar-refractivity contribution is 6.31. The van der Waals surface area contributed by atoms with Gasteiger partial charge in [0.15, 0.2) is 0 Å². The number of cyclic esters (lactones) is 1. The third-order valence-electron chi connectivity index (χ3n) is 2.41. The lowest BCUT2D eigenvalue weighted by atomic mass is 10.2. The predicted octanol–water partition coefficient (Wildman–Crippen LogP) is 2.36. The third-order valence-corrected chi connectivity index (χ3v) is 2.64. The molecule has 0 bridgehead atoms. The van der Waals surface area contributed by atoms with E-state index in [9.17, 15) is 14.7 Å². The molecule has 1 aliphatic heterocycles. The van der Waals surface area contributed by atoms with Gasteiger partial charge < -0.3 is 19.9 Å². The number of aliphatic hydroxyl groups is 1. The Morgan fingerprint density at radius 1 is 1.35 bits per heavy atom. The van der Waals surface area contributed by atoms with Crippen LogP contribution >= 0.6 is 11.6 Å². The lowest BCUT2D eigenvalue weighted by Crippen LogP contribution is -2.40. The zero-order valence-corrected chi connectivity index (χ0v) is 11.5. The fraction of sp³-hybridized carbons (Fsp3) is 0.231. The van der Waals surface area contributed by atoms with Crippen LogP contribution in [0, 0.1) is 0 Å². The molecule has 106 valence electrons. The molecule has 1 aliphatic rings. The number of hydrogen-bond donors (Lipinski definition) is 2. The van der Waals surface area contributed by atoms with Gasteiger partial charge in [0.1, 0.15) is 0 Å². The molecular weight excluding hydrogens is 286 g/mol. The molecule has 0 aromatic heterocycles. The molecule has 2 rings (SSSR count). The summed E-state index contributed by atoms with van der Waals surface area (Å²) in [5, 5.41) is 12.5. The third kappa shape index (κ3) is 3.03. The van der Waals surface area contributed by atoms with Crippen molar-refractivity contribution >= 4 is 29.2 Å². The summed E-state index contributed by atoms with van der Waals surface area (Å²) in [4.78, 5) is 23.7. The highest BCUT2D eigenvalue weighted by Crippen LogP contribution is 2.26. The van der Waals surface area contributed by atoms with Gasteiger partial charge in [0.2, 0.25) is 5.57 Å². The van der Waals surface area contributed by atoms with E-state index in [1.165, 1.54) is 19.9 Å². The van der Waals surface area contributed by atoms with Crippen LogP contribution in [0.15, 0.2) is 35.8 Å². The number of carbonyl (C=O) groups is 2. The summed E-state index contributed by atoms with van der Waals surface area (Å²) in [6.45, 7) is 2.87. The predicted molar refractivity (Wildman–Crippen MR) is 71.0 cm³/mol. The molecule has 7 heteroatoms. The van der Waals surface area contributed by atoms with Crippen LogP contribution in [-0.4, -0.2) is 22.8 Å². The first-order valence-electron chi connectivity index (χ1n) is 5.71. The second-order valence-corrected chi connectivity index (χ2v) is 4.97. The van der Waals surface area contributed by atoms with Gasteiger partial charge in [0.25, 0.3) is 11.7 Å². The lowest BCUT2D eigenvalue weighted by Gasteiger charge is -2.30. The molecule has 0 aliphatic carbocycles. The van der Waals surface area contributed by atoms with Gasteiger partial charge in [-0.05, 0) is 18.2 Å². The SMILES string of the molecule is CC1(C)OC(=O)C(C(=O)Nc2cccc(Cl)c2)=C(O)O1. The number of hydrogen-bond acceptors (Lipinski definition) is 5. The Balaban J connectivity index is 2.23. The second kappa shape index (κ2) is 5.05. The van der Waals surface area contributed by atoms with Crippen molar-refractivity contribution in [3.05, 3.63) is 40.8 Å². The van der Waals surface area contributed by atoms with Crippen molar-refractivity contribution in [2.75, 3.05) is 5.32 Å².